The van der Waals surface area contributed by atoms with Crippen molar-refractivity contribution in [2.75, 3.05) is 65.1 Å². The third-order valence-electron chi connectivity index (χ3n) is 5.34. The molecule has 0 bridgehead atoms. The van der Waals surface area contributed by atoms with Crippen LogP contribution in [-0.2, 0) is 6.54 Å². The van der Waals surface area contributed by atoms with Gasteiger partial charge in [-0.3, -0.25) is 0 Å². The highest BCUT2D eigenvalue weighted by molar-refractivity contribution is 14.0. The Bertz CT molecular complexity index is 871. The third kappa shape index (κ3) is 7.56. The van der Waals surface area contributed by atoms with Crippen LogP contribution >= 0.6 is 24.0 Å². The number of guanidine groups is 1. The first-order chi connectivity index (χ1) is 15.7. The van der Waals surface area contributed by atoms with Crippen molar-refractivity contribution in [1.29, 1.82) is 0 Å². The fraction of sp³-hybridized carbons (Fsp3) is 0.458. The molecule has 0 aliphatic carbocycles. The zero-order valence-corrected chi connectivity index (χ0v) is 22.0. The number of benzene rings is 2. The molecule has 1 fully saturated rings. The number of hydrogen-bond donors (Lipinski definition) is 2. The summed E-state index contributed by atoms with van der Waals surface area (Å²) in [6.45, 7) is 7.30. The average molecular weight is 570 g/mol. The molecule has 0 spiro atoms. The number of anilines is 1. The minimum atomic E-state index is -0.0347. The molecule has 33 heavy (non-hydrogen) atoms. The summed E-state index contributed by atoms with van der Waals surface area (Å²) < 4.78 is 16.2. The maximum absolute atomic E-state index is 8.96. The topological polar surface area (TPSA) is 78.8 Å². The summed E-state index contributed by atoms with van der Waals surface area (Å²) in [6.07, 6.45) is 0. The van der Waals surface area contributed by atoms with E-state index >= 15 is 0 Å². The van der Waals surface area contributed by atoms with E-state index < -0.39 is 0 Å². The lowest BCUT2D eigenvalue weighted by molar-refractivity contribution is 0.196. The smallest absolute Gasteiger partial charge is 0.194 e. The Hall–Kier alpha value is -2.40. The number of nitrogens with zero attached hydrogens (tertiary/aromatic N) is 3. The van der Waals surface area contributed by atoms with Crippen LogP contribution in [0, 0.1) is 0 Å². The summed E-state index contributed by atoms with van der Waals surface area (Å²) in [4.78, 5) is 9.54. The number of rotatable bonds is 9. The molecule has 1 heterocycles. The summed E-state index contributed by atoms with van der Waals surface area (Å²) in [6, 6.07) is 14.0. The molecule has 0 radical (unpaired) electrons. The molecule has 1 aliphatic heterocycles. The van der Waals surface area contributed by atoms with Gasteiger partial charge >= 0.3 is 0 Å². The van der Waals surface area contributed by atoms with Gasteiger partial charge in [0.25, 0.3) is 0 Å². The molecule has 0 amide bonds. The van der Waals surface area contributed by atoms with Crippen molar-refractivity contribution in [2.45, 2.75) is 13.5 Å². The van der Waals surface area contributed by atoms with Gasteiger partial charge in [0.15, 0.2) is 17.5 Å². The maximum Gasteiger partial charge on any atom is 0.194 e. The highest BCUT2D eigenvalue weighted by Gasteiger charge is 2.20. The zero-order valence-electron chi connectivity index (χ0n) is 19.6. The minimum absolute atomic E-state index is 0. The summed E-state index contributed by atoms with van der Waals surface area (Å²) in [5, 5.41) is 12.4. The molecule has 0 unspecified atom stereocenters. The van der Waals surface area contributed by atoms with Crippen molar-refractivity contribution >= 4 is 35.6 Å². The number of hydrogen-bond acceptors (Lipinski definition) is 6. The summed E-state index contributed by atoms with van der Waals surface area (Å²) in [5.41, 5.74) is 2.24. The van der Waals surface area contributed by atoms with Crippen LogP contribution in [0.5, 0.6) is 17.2 Å². The van der Waals surface area contributed by atoms with E-state index in [9.17, 15) is 0 Å². The lowest BCUT2D eigenvalue weighted by atomic mass is 10.2. The monoisotopic (exact) mass is 570 g/mol. The number of piperazine rings is 1. The van der Waals surface area contributed by atoms with Gasteiger partial charge in [-0.2, -0.15) is 0 Å². The van der Waals surface area contributed by atoms with Gasteiger partial charge in [0.1, 0.15) is 12.4 Å². The molecule has 182 valence electrons. The minimum Gasteiger partial charge on any atom is -0.497 e. The highest BCUT2D eigenvalue weighted by atomic mass is 127. The predicted octanol–water partition coefficient (Wildman–Crippen LogP) is 2.98. The lowest BCUT2D eigenvalue weighted by Crippen LogP contribution is -2.52. The van der Waals surface area contributed by atoms with Crippen LogP contribution in [0.3, 0.4) is 0 Å². The second kappa shape index (κ2) is 14.0. The van der Waals surface area contributed by atoms with E-state index in [0.717, 1.165) is 50.0 Å². The first kappa shape index (κ1) is 26.8. The molecule has 2 aromatic carbocycles. The fourth-order valence-corrected chi connectivity index (χ4v) is 3.65. The van der Waals surface area contributed by atoms with Crippen molar-refractivity contribution in [3.8, 4) is 17.2 Å². The van der Waals surface area contributed by atoms with Gasteiger partial charge in [-0.1, -0.05) is 6.07 Å². The quantitative estimate of drug-likeness (QED) is 0.273. The Labute approximate surface area is 213 Å². The van der Waals surface area contributed by atoms with Crippen LogP contribution in [0.2, 0.25) is 0 Å². The van der Waals surface area contributed by atoms with Crippen molar-refractivity contribution in [2.24, 2.45) is 4.99 Å². The molecular weight excluding hydrogens is 535 g/mol. The normalized spacial score (nSPS) is 13.9. The number of aliphatic imine (C=N–C) groups is 1. The van der Waals surface area contributed by atoms with Crippen LogP contribution in [0.25, 0.3) is 0 Å². The van der Waals surface area contributed by atoms with Crippen LogP contribution in [0.15, 0.2) is 47.5 Å². The Morgan fingerprint density at radius 2 is 1.73 bits per heavy atom. The van der Waals surface area contributed by atoms with Gasteiger partial charge < -0.3 is 34.4 Å². The van der Waals surface area contributed by atoms with Gasteiger partial charge in [0.2, 0.25) is 0 Å². The van der Waals surface area contributed by atoms with Crippen LogP contribution in [0.4, 0.5) is 5.69 Å². The molecule has 2 N–H and O–H groups in total. The van der Waals surface area contributed by atoms with Gasteiger partial charge in [-0.05, 0) is 48.9 Å². The summed E-state index contributed by atoms with van der Waals surface area (Å²) >= 11 is 0. The Kier molecular flexibility index (Phi) is 11.4. The van der Waals surface area contributed by atoms with Crippen molar-refractivity contribution in [3.63, 3.8) is 0 Å². The van der Waals surface area contributed by atoms with E-state index in [2.05, 4.69) is 34.2 Å². The van der Waals surface area contributed by atoms with Crippen LogP contribution < -0.4 is 24.4 Å². The van der Waals surface area contributed by atoms with E-state index in [4.69, 9.17) is 24.3 Å². The van der Waals surface area contributed by atoms with E-state index in [-0.39, 0.29) is 37.2 Å². The first-order valence-electron chi connectivity index (χ1n) is 11.0. The van der Waals surface area contributed by atoms with E-state index in [0.29, 0.717) is 18.0 Å². The first-order valence-corrected chi connectivity index (χ1v) is 11.0. The van der Waals surface area contributed by atoms with Gasteiger partial charge in [-0.15, -0.1) is 24.0 Å². The summed E-state index contributed by atoms with van der Waals surface area (Å²) in [5.74, 6) is 3.06. The van der Waals surface area contributed by atoms with Crippen LogP contribution in [0.1, 0.15) is 12.5 Å². The molecule has 1 saturated heterocycles. The molecular formula is C24H35IN4O4. The third-order valence-corrected chi connectivity index (χ3v) is 5.34. The molecule has 9 heteroatoms. The average Bonchev–Trinajstić information content (AvgIpc) is 2.85. The van der Waals surface area contributed by atoms with Crippen molar-refractivity contribution in [1.82, 2.24) is 10.2 Å². The number of aliphatic hydroxyl groups is 1. The highest BCUT2D eigenvalue weighted by Crippen LogP contribution is 2.28. The second-order valence-corrected chi connectivity index (χ2v) is 7.40. The lowest BCUT2D eigenvalue weighted by Gasteiger charge is -2.37. The van der Waals surface area contributed by atoms with Crippen molar-refractivity contribution in [3.05, 3.63) is 48.0 Å². The molecule has 0 aromatic heterocycles. The van der Waals surface area contributed by atoms with Gasteiger partial charge in [0, 0.05) is 38.4 Å². The van der Waals surface area contributed by atoms with Crippen LogP contribution in [-0.4, -0.2) is 76.1 Å². The number of methoxy groups -OCH3 is 2. The Morgan fingerprint density at radius 1 is 1.00 bits per heavy atom. The molecule has 0 atom stereocenters. The van der Waals surface area contributed by atoms with Gasteiger partial charge in [-0.25, -0.2) is 4.99 Å². The van der Waals surface area contributed by atoms with E-state index in [1.54, 1.807) is 14.2 Å². The van der Waals surface area contributed by atoms with Gasteiger partial charge in [0.05, 0.1) is 27.4 Å². The molecule has 3 rings (SSSR count). The largest absolute Gasteiger partial charge is 0.497 e. The molecule has 2 aromatic rings. The number of halogens is 1. The summed E-state index contributed by atoms with van der Waals surface area (Å²) in [7, 11) is 3.30. The predicted molar refractivity (Wildman–Crippen MR) is 143 cm³/mol. The maximum atomic E-state index is 8.96. The fourth-order valence-electron chi connectivity index (χ4n) is 3.65. The second-order valence-electron chi connectivity index (χ2n) is 7.40. The number of ether oxygens (including phenoxy) is 3. The SMILES string of the molecule is CCNC(=NCc1ccc(OCCO)c(OC)c1)N1CCN(c2ccc(OC)cc2)CC1.I. The molecule has 1 aliphatic rings. The van der Waals surface area contributed by atoms with E-state index in [1.165, 1.54) is 5.69 Å². The van der Waals surface area contributed by atoms with E-state index in [1.807, 2.05) is 30.3 Å². The number of nitrogens with one attached hydrogen (secondary N) is 1. The Balaban J connectivity index is 0.00000385. The molecule has 8 nitrogen and oxygen atoms in total. The van der Waals surface area contributed by atoms with Crippen molar-refractivity contribution < 1.29 is 19.3 Å². The Morgan fingerprint density at radius 3 is 2.33 bits per heavy atom. The zero-order chi connectivity index (χ0) is 22.8. The standard InChI is InChI=1S/C24H34N4O4.HI/c1-4-25-24(26-18-19-5-10-22(32-16-15-29)23(17-19)31-3)28-13-11-27(12-14-28)20-6-8-21(30-2)9-7-20;/h5-10,17,29H,4,11-16,18H2,1-3H3,(H,25,26);1H. The number of aliphatic hydroxyl groups excluding tert-OH is 1. The molecule has 0 saturated carbocycles.